The SMILES string of the molecule is COc1ccc(C2(C3(CN)CC3)COC2)cc1Cl. The van der Waals surface area contributed by atoms with E-state index in [1.54, 1.807) is 7.11 Å². The molecule has 0 bridgehead atoms. The summed E-state index contributed by atoms with van der Waals surface area (Å²) in [5.41, 5.74) is 7.51. The number of halogens is 1. The average Bonchev–Trinajstić information content (AvgIpc) is 3.09. The summed E-state index contributed by atoms with van der Waals surface area (Å²) in [6, 6.07) is 6.05. The minimum Gasteiger partial charge on any atom is -0.495 e. The van der Waals surface area contributed by atoms with Crippen LogP contribution < -0.4 is 10.5 Å². The Bertz CT molecular complexity index is 467. The molecule has 0 aromatic heterocycles. The van der Waals surface area contributed by atoms with E-state index in [0.29, 0.717) is 10.8 Å². The normalized spacial score (nSPS) is 23.3. The van der Waals surface area contributed by atoms with Gasteiger partial charge in [-0.2, -0.15) is 0 Å². The maximum Gasteiger partial charge on any atom is 0.137 e. The van der Waals surface area contributed by atoms with Crippen LogP contribution in [-0.2, 0) is 10.2 Å². The predicted molar refractivity (Wildman–Crippen MR) is 71.2 cm³/mol. The van der Waals surface area contributed by atoms with Gasteiger partial charge in [-0.1, -0.05) is 17.7 Å². The van der Waals surface area contributed by atoms with Gasteiger partial charge >= 0.3 is 0 Å². The lowest BCUT2D eigenvalue weighted by molar-refractivity contribution is -0.0973. The number of methoxy groups -OCH3 is 1. The second-order valence-electron chi connectivity index (χ2n) is 5.41. The Hall–Kier alpha value is -0.770. The van der Waals surface area contributed by atoms with Crippen molar-refractivity contribution in [3.8, 4) is 5.75 Å². The lowest BCUT2D eigenvalue weighted by Crippen LogP contribution is -2.55. The summed E-state index contributed by atoms with van der Waals surface area (Å²) in [7, 11) is 1.63. The zero-order chi connectivity index (χ0) is 12.8. The van der Waals surface area contributed by atoms with Crippen LogP contribution in [0.15, 0.2) is 18.2 Å². The van der Waals surface area contributed by atoms with Crippen molar-refractivity contribution in [1.29, 1.82) is 0 Å². The molecule has 1 aliphatic heterocycles. The molecule has 0 amide bonds. The van der Waals surface area contributed by atoms with E-state index < -0.39 is 0 Å². The average molecular weight is 268 g/mol. The summed E-state index contributed by atoms with van der Waals surface area (Å²) < 4.78 is 10.7. The highest BCUT2D eigenvalue weighted by Gasteiger charge is 2.62. The van der Waals surface area contributed by atoms with Gasteiger partial charge in [0.15, 0.2) is 0 Å². The van der Waals surface area contributed by atoms with Gasteiger partial charge in [-0.25, -0.2) is 0 Å². The predicted octanol–water partition coefficient (Wildman–Crippen LogP) is 2.36. The Kier molecular flexibility index (Phi) is 2.81. The lowest BCUT2D eigenvalue weighted by Gasteiger charge is -2.48. The molecule has 0 spiro atoms. The smallest absolute Gasteiger partial charge is 0.137 e. The molecule has 2 aliphatic rings. The zero-order valence-corrected chi connectivity index (χ0v) is 11.3. The van der Waals surface area contributed by atoms with Crippen LogP contribution in [-0.4, -0.2) is 26.9 Å². The van der Waals surface area contributed by atoms with Crippen LogP contribution in [0, 0.1) is 5.41 Å². The number of hydrogen-bond donors (Lipinski definition) is 1. The Morgan fingerprint density at radius 1 is 1.39 bits per heavy atom. The van der Waals surface area contributed by atoms with Crippen molar-refractivity contribution in [3.63, 3.8) is 0 Å². The standard InChI is InChI=1S/C14H18ClNO2/c1-17-12-3-2-10(6-11(12)15)14(8-18-9-14)13(7-16)4-5-13/h2-3,6H,4-5,7-9,16H2,1H3. The highest BCUT2D eigenvalue weighted by atomic mass is 35.5. The maximum atomic E-state index is 6.23. The lowest BCUT2D eigenvalue weighted by atomic mass is 9.66. The quantitative estimate of drug-likeness (QED) is 0.911. The van der Waals surface area contributed by atoms with E-state index in [2.05, 4.69) is 6.07 Å². The van der Waals surface area contributed by atoms with E-state index in [-0.39, 0.29) is 10.8 Å². The van der Waals surface area contributed by atoms with Crippen molar-refractivity contribution >= 4 is 11.6 Å². The molecule has 1 saturated carbocycles. The molecule has 0 unspecified atom stereocenters. The Morgan fingerprint density at radius 2 is 2.11 bits per heavy atom. The molecule has 1 aromatic carbocycles. The third-order valence-corrected chi connectivity index (χ3v) is 4.96. The van der Waals surface area contributed by atoms with Crippen molar-refractivity contribution in [3.05, 3.63) is 28.8 Å². The molecule has 1 aromatic rings. The van der Waals surface area contributed by atoms with Crippen molar-refractivity contribution in [1.82, 2.24) is 0 Å². The molecule has 1 heterocycles. The van der Waals surface area contributed by atoms with Crippen molar-refractivity contribution in [2.75, 3.05) is 26.9 Å². The third-order valence-electron chi connectivity index (χ3n) is 4.66. The molecule has 0 atom stereocenters. The number of ether oxygens (including phenoxy) is 2. The number of hydrogen-bond acceptors (Lipinski definition) is 3. The summed E-state index contributed by atoms with van der Waals surface area (Å²) in [6.45, 7) is 2.24. The molecular formula is C14H18ClNO2. The van der Waals surface area contributed by atoms with Gasteiger partial charge in [0.05, 0.1) is 25.3 Å². The van der Waals surface area contributed by atoms with Crippen LogP contribution in [0.2, 0.25) is 5.02 Å². The number of benzene rings is 1. The van der Waals surface area contributed by atoms with Crippen molar-refractivity contribution in [2.24, 2.45) is 11.1 Å². The highest BCUT2D eigenvalue weighted by molar-refractivity contribution is 6.32. The summed E-state index contributed by atoms with van der Waals surface area (Å²) in [5.74, 6) is 0.716. The van der Waals surface area contributed by atoms with Crippen LogP contribution in [0.4, 0.5) is 0 Å². The Labute approximate surface area is 112 Å². The fourth-order valence-corrected chi connectivity index (χ4v) is 3.34. The maximum absolute atomic E-state index is 6.23. The van der Waals surface area contributed by atoms with Gasteiger partial charge < -0.3 is 15.2 Å². The van der Waals surface area contributed by atoms with E-state index in [1.165, 1.54) is 18.4 Å². The van der Waals surface area contributed by atoms with Crippen LogP contribution in [0.3, 0.4) is 0 Å². The molecule has 3 rings (SSSR count). The first-order chi connectivity index (χ1) is 8.67. The van der Waals surface area contributed by atoms with E-state index >= 15 is 0 Å². The fourth-order valence-electron chi connectivity index (χ4n) is 3.08. The largest absolute Gasteiger partial charge is 0.495 e. The molecule has 18 heavy (non-hydrogen) atoms. The van der Waals surface area contributed by atoms with Gasteiger partial charge in [0.2, 0.25) is 0 Å². The molecule has 98 valence electrons. The molecule has 2 N–H and O–H groups in total. The van der Waals surface area contributed by atoms with Gasteiger partial charge in [-0.05, 0) is 42.5 Å². The monoisotopic (exact) mass is 267 g/mol. The second-order valence-corrected chi connectivity index (χ2v) is 5.82. The van der Waals surface area contributed by atoms with Crippen LogP contribution in [0.1, 0.15) is 18.4 Å². The first-order valence-electron chi connectivity index (χ1n) is 6.29. The van der Waals surface area contributed by atoms with E-state index in [4.69, 9.17) is 26.8 Å². The molecular weight excluding hydrogens is 250 g/mol. The first-order valence-corrected chi connectivity index (χ1v) is 6.67. The van der Waals surface area contributed by atoms with E-state index in [9.17, 15) is 0 Å². The van der Waals surface area contributed by atoms with Crippen LogP contribution >= 0.6 is 11.6 Å². The number of rotatable bonds is 4. The second kappa shape index (κ2) is 4.12. The molecule has 2 fully saturated rings. The van der Waals surface area contributed by atoms with E-state index in [1.807, 2.05) is 12.1 Å². The van der Waals surface area contributed by atoms with Gasteiger partial charge in [-0.3, -0.25) is 0 Å². The highest BCUT2D eigenvalue weighted by Crippen LogP contribution is 2.62. The molecule has 3 nitrogen and oxygen atoms in total. The Morgan fingerprint density at radius 3 is 2.50 bits per heavy atom. The molecule has 1 aliphatic carbocycles. The summed E-state index contributed by atoms with van der Waals surface area (Å²) in [4.78, 5) is 0. The molecule has 4 heteroatoms. The van der Waals surface area contributed by atoms with Gasteiger partial charge in [-0.15, -0.1) is 0 Å². The summed E-state index contributed by atoms with van der Waals surface area (Å²) in [6.07, 6.45) is 2.38. The number of nitrogens with two attached hydrogens (primary N) is 1. The fraction of sp³-hybridized carbons (Fsp3) is 0.571. The Balaban J connectivity index is 2.00. The third kappa shape index (κ3) is 1.51. The minimum atomic E-state index is 0.0671. The van der Waals surface area contributed by atoms with Gasteiger partial charge in [0.25, 0.3) is 0 Å². The van der Waals surface area contributed by atoms with Gasteiger partial charge in [0.1, 0.15) is 5.75 Å². The minimum absolute atomic E-state index is 0.0671. The van der Waals surface area contributed by atoms with Crippen LogP contribution in [0.5, 0.6) is 5.75 Å². The summed E-state index contributed by atoms with van der Waals surface area (Å²) >= 11 is 6.23. The van der Waals surface area contributed by atoms with Crippen LogP contribution in [0.25, 0.3) is 0 Å². The molecule has 0 radical (unpaired) electrons. The van der Waals surface area contributed by atoms with E-state index in [0.717, 1.165) is 19.8 Å². The molecule has 1 saturated heterocycles. The zero-order valence-electron chi connectivity index (χ0n) is 10.5. The first kappa shape index (κ1) is 12.3. The summed E-state index contributed by atoms with van der Waals surface area (Å²) in [5, 5.41) is 0.661. The van der Waals surface area contributed by atoms with Gasteiger partial charge in [0, 0.05) is 5.41 Å². The topological polar surface area (TPSA) is 44.5 Å². The van der Waals surface area contributed by atoms with Crippen molar-refractivity contribution in [2.45, 2.75) is 18.3 Å². The van der Waals surface area contributed by atoms with Crippen molar-refractivity contribution < 1.29 is 9.47 Å².